The Morgan fingerprint density at radius 1 is 1.07 bits per heavy atom. The zero-order valence-electron chi connectivity index (χ0n) is 8.75. The molecule has 0 spiro atoms. The first-order chi connectivity index (χ1) is 6.83. The molecule has 1 saturated heterocycles. The summed E-state index contributed by atoms with van der Waals surface area (Å²) in [6.45, 7) is 7.96. The zero-order chi connectivity index (χ0) is 10.2. The molecule has 5 heteroatoms. The van der Waals surface area contributed by atoms with Crippen LogP contribution in [0.1, 0.15) is 0 Å². The molecule has 1 heterocycles. The maximum atomic E-state index is 5.42. The average molecular weight is 314 g/mol. The zero-order valence-corrected chi connectivity index (χ0v) is 10.9. The second-order valence-electron chi connectivity index (χ2n) is 3.57. The Labute approximate surface area is 100 Å². The van der Waals surface area contributed by atoms with Crippen molar-refractivity contribution in [1.82, 2.24) is 9.80 Å². The number of hydrogen-bond acceptors (Lipinski definition) is 4. The highest BCUT2D eigenvalue weighted by Gasteiger charge is 2.12. The van der Waals surface area contributed by atoms with E-state index in [9.17, 15) is 0 Å². The van der Waals surface area contributed by atoms with Gasteiger partial charge in [-0.3, -0.25) is 4.90 Å². The molecule has 0 aromatic carbocycles. The maximum absolute atomic E-state index is 5.42. The quantitative estimate of drug-likeness (QED) is 0.530. The standard InChI is InChI=1S/C9H19IN2O2/c1-11-2-4-12(5-3-11)6-7-13-8-9-14-10/h2-9H2,1H3. The second kappa shape index (κ2) is 7.81. The minimum atomic E-state index is 0.684. The Bertz CT molecular complexity index is 141. The van der Waals surface area contributed by atoms with Crippen molar-refractivity contribution < 1.29 is 7.80 Å². The lowest BCUT2D eigenvalue weighted by molar-refractivity contribution is 0.0721. The van der Waals surface area contributed by atoms with Crippen LogP contribution in [0, 0.1) is 0 Å². The van der Waals surface area contributed by atoms with Gasteiger partial charge < -0.3 is 12.7 Å². The number of nitrogens with zero attached hydrogens (tertiary/aromatic N) is 2. The van der Waals surface area contributed by atoms with Crippen molar-refractivity contribution in [2.75, 3.05) is 59.6 Å². The van der Waals surface area contributed by atoms with Gasteiger partial charge in [-0.2, -0.15) is 0 Å². The van der Waals surface area contributed by atoms with Crippen molar-refractivity contribution in [2.24, 2.45) is 0 Å². The Kier molecular flexibility index (Phi) is 7.05. The van der Waals surface area contributed by atoms with Crippen molar-refractivity contribution in [3.8, 4) is 0 Å². The predicted molar refractivity (Wildman–Crippen MR) is 64.7 cm³/mol. The van der Waals surface area contributed by atoms with Gasteiger partial charge in [0.25, 0.3) is 0 Å². The smallest absolute Gasteiger partial charge is 0.109 e. The first-order valence-corrected chi connectivity index (χ1v) is 5.93. The minimum Gasteiger partial charge on any atom is -0.378 e. The number of ether oxygens (including phenoxy) is 1. The largest absolute Gasteiger partial charge is 0.378 e. The Morgan fingerprint density at radius 2 is 1.79 bits per heavy atom. The van der Waals surface area contributed by atoms with Gasteiger partial charge in [-0.1, -0.05) is 0 Å². The van der Waals surface area contributed by atoms with E-state index in [1.54, 1.807) is 0 Å². The number of hydrogen-bond donors (Lipinski definition) is 0. The van der Waals surface area contributed by atoms with E-state index in [1.807, 2.05) is 23.0 Å². The van der Waals surface area contributed by atoms with E-state index < -0.39 is 0 Å². The number of piperazine rings is 1. The average Bonchev–Trinajstić information content (AvgIpc) is 2.21. The Balaban J connectivity index is 1.91. The van der Waals surface area contributed by atoms with Crippen molar-refractivity contribution in [1.29, 1.82) is 0 Å². The molecule has 0 amide bonds. The van der Waals surface area contributed by atoms with Crippen LogP contribution >= 0.6 is 23.0 Å². The first-order valence-electron chi connectivity index (χ1n) is 5.05. The fraction of sp³-hybridized carbons (Fsp3) is 1.00. The SMILES string of the molecule is CN1CCN(CCOCCOI)CC1. The van der Waals surface area contributed by atoms with Crippen LogP contribution in [0.2, 0.25) is 0 Å². The van der Waals surface area contributed by atoms with E-state index in [2.05, 4.69) is 16.8 Å². The monoisotopic (exact) mass is 314 g/mol. The third-order valence-electron chi connectivity index (χ3n) is 2.45. The lowest BCUT2D eigenvalue weighted by Gasteiger charge is -2.32. The van der Waals surface area contributed by atoms with Crippen LogP contribution in [-0.4, -0.2) is 69.4 Å². The van der Waals surface area contributed by atoms with Crippen LogP contribution in [0.5, 0.6) is 0 Å². The van der Waals surface area contributed by atoms with E-state index in [4.69, 9.17) is 7.80 Å². The van der Waals surface area contributed by atoms with Gasteiger partial charge in [-0.25, -0.2) is 0 Å². The van der Waals surface area contributed by atoms with Crippen LogP contribution in [0.3, 0.4) is 0 Å². The fourth-order valence-corrected chi connectivity index (χ4v) is 1.64. The summed E-state index contributed by atoms with van der Waals surface area (Å²) >= 11 is 1.89. The van der Waals surface area contributed by atoms with Gasteiger partial charge in [0.05, 0.1) is 19.8 Å². The van der Waals surface area contributed by atoms with Gasteiger partial charge in [-0.15, -0.1) is 0 Å². The lowest BCUT2D eigenvalue weighted by Crippen LogP contribution is -2.45. The Hall–Kier alpha value is 0.570. The van der Waals surface area contributed by atoms with Gasteiger partial charge in [0, 0.05) is 32.7 Å². The molecule has 0 N–H and O–H groups in total. The Morgan fingerprint density at radius 3 is 2.43 bits per heavy atom. The molecular weight excluding hydrogens is 295 g/mol. The molecule has 0 unspecified atom stereocenters. The van der Waals surface area contributed by atoms with Crippen molar-refractivity contribution in [3.63, 3.8) is 0 Å². The molecule has 0 aromatic heterocycles. The van der Waals surface area contributed by atoms with Gasteiger partial charge >= 0.3 is 0 Å². The summed E-state index contributed by atoms with van der Waals surface area (Å²) in [5.74, 6) is 0. The molecule has 84 valence electrons. The highest BCUT2D eigenvalue weighted by molar-refractivity contribution is 14.1. The van der Waals surface area contributed by atoms with Crippen LogP contribution < -0.4 is 0 Å². The molecule has 4 nitrogen and oxygen atoms in total. The van der Waals surface area contributed by atoms with Gasteiger partial charge in [0.15, 0.2) is 0 Å². The molecule has 1 aliphatic heterocycles. The van der Waals surface area contributed by atoms with Crippen LogP contribution in [0.25, 0.3) is 0 Å². The molecule has 0 saturated carbocycles. The third kappa shape index (κ3) is 5.45. The summed E-state index contributed by atoms with van der Waals surface area (Å²) in [5.41, 5.74) is 0. The van der Waals surface area contributed by atoms with E-state index >= 15 is 0 Å². The minimum absolute atomic E-state index is 0.684. The number of rotatable bonds is 6. The van der Waals surface area contributed by atoms with Gasteiger partial charge in [-0.05, 0) is 7.05 Å². The molecule has 1 aliphatic rings. The van der Waals surface area contributed by atoms with Crippen LogP contribution in [-0.2, 0) is 7.80 Å². The van der Waals surface area contributed by atoms with E-state index in [0.717, 1.165) is 13.2 Å². The summed E-state index contributed by atoms with van der Waals surface area (Å²) in [5, 5.41) is 0. The molecule has 0 bridgehead atoms. The van der Waals surface area contributed by atoms with Crippen LogP contribution in [0.4, 0.5) is 0 Å². The molecule has 14 heavy (non-hydrogen) atoms. The van der Waals surface area contributed by atoms with Crippen molar-refractivity contribution in [2.45, 2.75) is 0 Å². The molecule has 1 rings (SSSR count). The maximum Gasteiger partial charge on any atom is 0.109 e. The van der Waals surface area contributed by atoms with E-state index in [-0.39, 0.29) is 0 Å². The highest BCUT2D eigenvalue weighted by atomic mass is 127. The summed E-state index contributed by atoms with van der Waals surface area (Å²) in [4.78, 5) is 4.81. The third-order valence-corrected chi connectivity index (χ3v) is 2.89. The van der Waals surface area contributed by atoms with Crippen LogP contribution in [0.15, 0.2) is 0 Å². The molecular formula is C9H19IN2O2. The summed E-state index contributed by atoms with van der Waals surface area (Å²) in [6, 6.07) is 0. The van der Waals surface area contributed by atoms with Crippen molar-refractivity contribution in [3.05, 3.63) is 0 Å². The number of halogens is 1. The lowest BCUT2D eigenvalue weighted by atomic mass is 10.3. The molecule has 0 aliphatic carbocycles. The van der Waals surface area contributed by atoms with Gasteiger partial charge in [0.2, 0.25) is 0 Å². The fourth-order valence-electron chi connectivity index (χ4n) is 1.46. The first kappa shape index (κ1) is 12.6. The molecule has 0 atom stereocenters. The highest BCUT2D eigenvalue weighted by Crippen LogP contribution is 1.98. The van der Waals surface area contributed by atoms with Gasteiger partial charge in [0.1, 0.15) is 23.0 Å². The summed E-state index contributed by atoms with van der Waals surface area (Å²) in [6.07, 6.45) is 0. The van der Waals surface area contributed by atoms with E-state index in [0.29, 0.717) is 13.2 Å². The van der Waals surface area contributed by atoms with Crippen molar-refractivity contribution >= 4 is 23.0 Å². The topological polar surface area (TPSA) is 24.9 Å². The molecule has 0 aromatic rings. The van der Waals surface area contributed by atoms with E-state index in [1.165, 1.54) is 26.2 Å². The number of likely N-dealkylation sites (N-methyl/N-ethyl adjacent to an activating group) is 1. The second-order valence-corrected chi connectivity index (χ2v) is 4.19. The molecule has 0 radical (unpaired) electrons. The predicted octanol–water partition coefficient (Wildman–Crippen LogP) is 0.617. The summed E-state index contributed by atoms with van der Waals surface area (Å²) < 4.78 is 10.3. The molecule has 1 fully saturated rings. The summed E-state index contributed by atoms with van der Waals surface area (Å²) in [7, 11) is 2.17. The normalized spacial score (nSPS) is 20.1.